The van der Waals surface area contributed by atoms with Crippen LogP contribution in [0.25, 0.3) is 0 Å². The predicted octanol–water partition coefficient (Wildman–Crippen LogP) is 0.988. The van der Waals surface area contributed by atoms with E-state index in [1.54, 1.807) is 20.8 Å². The molecule has 27 heavy (non-hydrogen) atoms. The highest BCUT2D eigenvalue weighted by molar-refractivity contribution is 7.86. The fraction of sp³-hybridized carbons (Fsp3) is 0.812. The van der Waals surface area contributed by atoms with Crippen LogP contribution in [0.5, 0.6) is 0 Å². The molecule has 154 valence electrons. The van der Waals surface area contributed by atoms with Gasteiger partial charge >= 0.3 is 22.3 Å². The van der Waals surface area contributed by atoms with Crippen LogP contribution in [0.15, 0.2) is 0 Å². The Hall–Kier alpha value is -1.91. The highest BCUT2D eigenvalue weighted by atomic mass is 32.3. The van der Waals surface area contributed by atoms with E-state index in [2.05, 4.69) is 0 Å². The van der Waals surface area contributed by atoms with Crippen molar-refractivity contribution in [2.24, 2.45) is 5.92 Å². The fourth-order valence-corrected chi connectivity index (χ4v) is 4.36. The highest BCUT2D eigenvalue weighted by Gasteiger charge is 2.52. The number of rotatable bonds is 4. The third-order valence-corrected chi connectivity index (χ3v) is 5.67. The molecule has 0 radical (unpaired) electrons. The van der Waals surface area contributed by atoms with Crippen LogP contribution in [0.4, 0.5) is 8.68 Å². The summed E-state index contributed by atoms with van der Waals surface area (Å²) in [6.07, 6.45) is -0.797. The molecule has 0 bridgehead atoms. The molecule has 1 N–H and O–H groups in total. The molecule has 1 atom stereocenters. The second kappa shape index (κ2) is 7.25. The minimum absolute atomic E-state index is 0.0115. The number of likely N-dealkylation sites (tertiary alicyclic amines) is 2. The number of carboxylic acid groups (broad SMARTS) is 1. The minimum Gasteiger partial charge on any atom is -0.479 e. The number of amides is 2. The quantitative estimate of drug-likeness (QED) is 0.689. The second-order valence-electron chi connectivity index (χ2n) is 8.08. The standard InChI is InChI=1S/C16H25FN2O7S/c1-15(2,3)26-14(23)18-6-4-16(5-7-18,13(21)22)19-9-11(8-12(19)20)10-27(17,24)25/h11H,4-10H2,1-3H3,(H,21,22). The van der Waals surface area contributed by atoms with E-state index >= 15 is 0 Å². The van der Waals surface area contributed by atoms with Gasteiger partial charge in [0.05, 0.1) is 5.75 Å². The molecular formula is C16H25FN2O7S. The van der Waals surface area contributed by atoms with Crippen LogP contribution in [-0.2, 0) is 24.5 Å². The Morgan fingerprint density at radius 2 is 1.85 bits per heavy atom. The van der Waals surface area contributed by atoms with Crippen LogP contribution in [0.2, 0.25) is 0 Å². The summed E-state index contributed by atoms with van der Waals surface area (Å²) in [6, 6.07) is 0. The molecule has 0 aliphatic carbocycles. The number of nitrogens with zero attached hydrogens (tertiary/aromatic N) is 2. The van der Waals surface area contributed by atoms with E-state index in [9.17, 15) is 31.8 Å². The van der Waals surface area contributed by atoms with Crippen molar-refractivity contribution >= 4 is 28.2 Å². The van der Waals surface area contributed by atoms with E-state index in [1.807, 2.05) is 0 Å². The summed E-state index contributed by atoms with van der Waals surface area (Å²) in [6.45, 7) is 5.18. The zero-order chi connectivity index (χ0) is 20.6. The van der Waals surface area contributed by atoms with Gasteiger partial charge in [0, 0.05) is 32.0 Å². The zero-order valence-electron chi connectivity index (χ0n) is 15.6. The number of carboxylic acids is 1. The number of ether oxygens (including phenoxy) is 1. The van der Waals surface area contributed by atoms with E-state index in [1.165, 1.54) is 4.90 Å². The lowest BCUT2D eigenvalue weighted by Crippen LogP contribution is -2.61. The van der Waals surface area contributed by atoms with Crippen LogP contribution in [0.1, 0.15) is 40.0 Å². The van der Waals surface area contributed by atoms with Crippen molar-refractivity contribution in [3.05, 3.63) is 0 Å². The molecule has 0 aromatic carbocycles. The molecule has 2 fully saturated rings. The van der Waals surface area contributed by atoms with Crippen LogP contribution < -0.4 is 0 Å². The fourth-order valence-electron chi connectivity index (χ4n) is 3.57. The van der Waals surface area contributed by atoms with Crippen molar-refractivity contribution in [1.82, 2.24) is 9.80 Å². The largest absolute Gasteiger partial charge is 0.479 e. The van der Waals surface area contributed by atoms with Crippen molar-refractivity contribution in [3.63, 3.8) is 0 Å². The third-order valence-electron chi connectivity index (χ3n) is 4.80. The maximum atomic E-state index is 12.9. The number of carbonyl (C=O) groups excluding carboxylic acids is 2. The third kappa shape index (κ3) is 5.08. The Morgan fingerprint density at radius 1 is 1.30 bits per heavy atom. The second-order valence-corrected chi connectivity index (χ2v) is 9.50. The first-order valence-electron chi connectivity index (χ1n) is 8.68. The van der Waals surface area contributed by atoms with Gasteiger partial charge in [-0.25, -0.2) is 9.59 Å². The summed E-state index contributed by atoms with van der Waals surface area (Å²) in [5, 5.41) is 9.78. The van der Waals surface area contributed by atoms with Crippen molar-refractivity contribution in [2.45, 2.75) is 51.2 Å². The first-order valence-corrected chi connectivity index (χ1v) is 10.2. The Bertz CT molecular complexity index is 724. The van der Waals surface area contributed by atoms with Gasteiger partial charge in [-0.05, 0) is 33.6 Å². The van der Waals surface area contributed by atoms with Crippen molar-refractivity contribution in [2.75, 3.05) is 25.4 Å². The van der Waals surface area contributed by atoms with Gasteiger partial charge in [0.15, 0.2) is 0 Å². The molecule has 2 heterocycles. The van der Waals surface area contributed by atoms with Gasteiger partial charge < -0.3 is 19.6 Å². The topological polar surface area (TPSA) is 121 Å². The Labute approximate surface area is 157 Å². The monoisotopic (exact) mass is 408 g/mol. The van der Waals surface area contributed by atoms with Gasteiger partial charge in [-0.1, -0.05) is 0 Å². The summed E-state index contributed by atoms with van der Waals surface area (Å²) in [4.78, 5) is 39.0. The lowest BCUT2D eigenvalue weighted by Gasteiger charge is -2.44. The van der Waals surface area contributed by atoms with E-state index in [0.717, 1.165) is 4.90 Å². The molecule has 2 amide bonds. The van der Waals surface area contributed by atoms with Crippen LogP contribution >= 0.6 is 0 Å². The zero-order valence-corrected chi connectivity index (χ0v) is 16.4. The molecule has 0 aromatic rings. The first-order chi connectivity index (χ1) is 12.2. The van der Waals surface area contributed by atoms with Crippen molar-refractivity contribution < 1.29 is 36.5 Å². The minimum atomic E-state index is -4.76. The molecule has 2 aliphatic rings. The number of hydrogen-bond donors (Lipinski definition) is 1. The van der Waals surface area contributed by atoms with Crippen LogP contribution in [0, 0.1) is 5.92 Å². The molecule has 2 rings (SSSR count). The van der Waals surface area contributed by atoms with Gasteiger partial charge in [0.2, 0.25) is 5.91 Å². The maximum Gasteiger partial charge on any atom is 0.410 e. The summed E-state index contributed by atoms with van der Waals surface area (Å²) in [7, 11) is -4.76. The number of piperidine rings is 1. The van der Waals surface area contributed by atoms with Gasteiger partial charge in [0.1, 0.15) is 11.1 Å². The molecule has 0 aromatic heterocycles. The van der Waals surface area contributed by atoms with E-state index in [0.29, 0.717) is 0 Å². The summed E-state index contributed by atoms with van der Waals surface area (Å²) in [5.74, 6) is -3.33. The molecule has 0 saturated carbocycles. The molecular weight excluding hydrogens is 383 g/mol. The Balaban J connectivity index is 2.11. The number of aliphatic carboxylic acids is 1. The average molecular weight is 408 g/mol. The van der Waals surface area contributed by atoms with Crippen molar-refractivity contribution in [3.8, 4) is 0 Å². The summed E-state index contributed by atoms with van der Waals surface area (Å²) >= 11 is 0. The van der Waals surface area contributed by atoms with E-state index in [4.69, 9.17) is 4.74 Å². The lowest BCUT2D eigenvalue weighted by molar-refractivity contribution is -0.160. The van der Waals surface area contributed by atoms with Crippen molar-refractivity contribution in [1.29, 1.82) is 0 Å². The lowest BCUT2D eigenvalue weighted by atomic mass is 9.85. The van der Waals surface area contributed by atoms with Gasteiger partial charge in [-0.2, -0.15) is 8.42 Å². The molecule has 1 unspecified atom stereocenters. The number of carbonyl (C=O) groups is 3. The Kier molecular flexibility index (Phi) is 5.74. The average Bonchev–Trinajstić information content (AvgIpc) is 2.84. The van der Waals surface area contributed by atoms with Gasteiger partial charge in [-0.3, -0.25) is 4.79 Å². The highest BCUT2D eigenvalue weighted by Crippen LogP contribution is 2.35. The molecule has 11 heteroatoms. The number of hydrogen-bond acceptors (Lipinski definition) is 6. The molecule has 9 nitrogen and oxygen atoms in total. The maximum absolute atomic E-state index is 12.9. The van der Waals surface area contributed by atoms with E-state index in [-0.39, 0.29) is 38.9 Å². The van der Waals surface area contributed by atoms with Gasteiger partial charge in [-0.15, -0.1) is 3.89 Å². The normalized spacial score (nSPS) is 23.4. The van der Waals surface area contributed by atoms with Gasteiger partial charge in [0.25, 0.3) is 0 Å². The molecule has 2 saturated heterocycles. The summed E-state index contributed by atoms with van der Waals surface area (Å²) < 4.78 is 39.9. The summed E-state index contributed by atoms with van der Waals surface area (Å²) in [5.41, 5.74) is -2.22. The van der Waals surface area contributed by atoms with E-state index < -0.39 is 51.0 Å². The van der Waals surface area contributed by atoms with Crippen LogP contribution in [0.3, 0.4) is 0 Å². The van der Waals surface area contributed by atoms with Crippen LogP contribution in [-0.4, -0.2) is 77.8 Å². The Morgan fingerprint density at radius 3 is 2.30 bits per heavy atom. The smallest absolute Gasteiger partial charge is 0.410 e. The predicted molar refractivity (Wildman–Crippen MR) is 92.1 cm³/mol. The SMILES string of the molecule is CC(C)(C)OC(=O)N1CCC(C(=O)O)(N2CC(CS(=O)(=O)F)CC2=O)CC1. The number of halogens is 1. The first kappa shape index (κ1) is 21.4. The molecule has 0 spiro atoms. The molecule has 2 aliphatic heterocycles.